The molecule has 0 saturated heterocycles. The van der Waals surface area contributed by atoms with Crippen LogP contribution in [-0.2, 0) is 6.42 Å². The van der Waals surface area contributed by atoms with Crippen LogP contribution in [0.5, 0.6) is 0 Å². The lowest BCUT2D eigenvalue weighted by atomic mass is 10.2. The van der Waals surface area contributed by atoms with E-state index in [1.165, 1.54) is 0 Å². The molecular weight excluding hydrogens is 275 g/mol. The Morgan fingerprint density at radius 3 is 2.47 bits per heavy atom. The molecule has 1 amide bonds. The van der Waals surface area contributed by atoms with E-state index in [4.69, 9.17) is 0 Å². The summed E-state index contributed by atoms with van der Waals surface area (Å²) in [7, 11) is 0. The Balaban J connectivity index is 1.96. The van der Waals surface area contributed by atoms with Crippen LogP contribution in [0, 0.1) is 17.5 Å². The van der Waals surface area contributed by atoms with Gasteiger partial charge in [0.15, 0.2) is 17.5 Å². The highest BCUT2D eigenvalue weighted by Gasteiger charge is 2.14. The van der Waals surface area contributed by atoms with Crippen molar-refractivity contribution in [3.8, 4) is 0 Å². The van der Waals surface area contributed by atoms with Crippen LogP contribution in [0.15, 0.2) is 29.0 Å². The van der Waals surface area contributed by atoms with Crippen LogP contribution < -0.4 is 5.32 Å². The van der Waals surface area contributed by atoms with E-state index in [1.807, 2.05) is 16.8 Å². The van der Waals surface area contributed by atoms with Crippen molar-refractivity contribution < 1.29 is 18.0 Å². The standard InChI is InChI=1S/C13H10F3NOS/c14-10-5-9(6-11(15)12(10)16)13(18)17-3-1-8-2-4-19-7-8/h2,4-7H,1,3H2,(H,17,18). The first-order valence-corrected chi connectivity index (χ1v) is 6.46. The fraction of sp³-hybridized carbons (Fsp3) is 0.154. The summed E-state index contributed by atoms with van der Waals surface area (Å²) in [6.45, 7) is 0.343. The molecule has 1 heterocycles. The van der Waals surface area contributed by atoms with Crippen molar-refractivity contribution >= 4 is 17.2 Å². The van der Waals surface area contributed by atoms with Gasteiger partial charge in [-0.1, -0.05) is 0 Å². The summed E-state index contributed by atoms with van der Waals surface area (Å²) < 4.78 is 38.6. The number of hydrogen-bond donors (Lipinski definition) is 1. The van der Waals surface area contributed by atoms with Gasteiger partial charge in [-0.2, -0.15) is 11.3 Å². The maximum absolute atomic E-state index is 13.0. The minimum Gasteiger partial charge on any atom is -0.352 e. The molecule has 0 bridgehead atoms. The van der Waals surface area contributed by atoms with Crippen LogP contribution in [0.1, 0.15) is 15.9 Å². The predicted octanol–water partition coefficient (Wildman–Crippen LogP) is 3.14. The zero-order chi connectivity index (χ0) is 13.8. The average Bonchev–Trinajstić information content (AvgIpc) is 2.88. The quantitative estimate of drug-likeness (QED) is 0.859. The predicted molar refractivity (Wildman–Crippen MR) is 66.7 cm³/mol. The average molecular weight is 285 g/mol. The van der Waals surface area contributed by atoms with Gasteiger partial charge in [-0.25, -0.2) is 13.2 Å². The summed E-state index contributed by atoms with van der Waals surface area (Å²) in [5.41, 5.74) is 0.837. The molecule has 0 unspecified atom stereocenters. The fourth-order valence-electron chi connectivity index (χ4n) is 1.54. The molecule has 0 aliphatic rings. The van der Waals surface area contributed by atoms with E-state index in [0.717, 1.165) is 5.56 Å². The van der Waals surface area contributed by atoms with Gasteiger partial charge in [-0.3, -0.25) is 4.79 Å². The third-order valence-corrected chi connectivity index (χ3v) is 3.26. The van der Waals surface area contributed by atoms with Crippen molar-refractivity contribution in [1.29, 1.82) is 0 Å². The maximum atomic E-state index is 13.0. The summed E-state index contributed by atoms with van der Waals surface area (Å²) in [4.78, 5) is 11.6. The largest absolute Gasteiger partial charge is 0.352 e. The summed E-state index contributed by atoms with van der Waals surface area (Å²) in [6, 6.07) is 3.28. The molecule has 0 atom stereocenters. The number of amides is 1. The highest BCUT2D eigenvalue weighted by Crippen LogP contribution is 2.13. The van der Waals surface area contributed by atoms with Crippen molar-refractivity contribution in [2.75, 3.05) is 6.54 Å². The second-order valence-electron chi connectivity index (χ2n) is 3.89. The van der Waals surface area contributed by atoms with Gasteiger partial charge in [-0.05, 0) is 40.9 Å². The molecule has 1 aromatic carbocycles. The Labute approximate surface area is 111 Å². The number of rotatable bonds is 4. The van der Waals surface area contributed by atoms with Gasteiger partial charge in [0.25, 0.3) is 5.91 Å². The molecular formula is C13H10F3NOS. The minimum atomic E-state index is -1.57. The fourth-order valence-corrected chi connectivity index (χ4v) is 2.25. The van der Waals surface area contributed by atoms with E-state index in [2.05, 4.69) is 5.32 Å². The van der Waals surface area contributed by atoms with Crippen LogP contribution >= 0.6 is 11.3 Å². The SMILES string of the molecule is O=C(NCCc1ccsc1)c1cc(F)c(F)c(F)c1. The first-order valence-electron chi connectivity index (χ1n) is 5.51. The van der Waals surface area contributed by atoms with Gasteiger partial charge in [-0.15, -0.1) is 0 Å². The van der Waals surface area contributed by atoms with Crippen molar-refractivity contribution in [1.82, 2.24) is 5.32 Å². The van der Waals surface area contributed by atoms with Gasteiger partial charge in [0, 0.05) is 12.1 Å². The second-order valence-corrected chi connectivity index (χ2v) is 4.67. The Hall–Kier alpha value is -1.82. The molecule has 0 aliphatic carbocycles. The number of benzene rings is 1. The third-order valence-electron chi connectivity index (χ3n) is 2.53. The monoisotopic (exact) mass is 285 g/mol. The number of nitrogens with one attached hydrogen (secondary N) is 1. The zero-order valence-electron chi connectivity index (χ0n) is 9.75. The Morgan fingerprint density at radius 1 is 1.21 bits per heavy atom. The number of carbonyl (C=O) groups is 1. The number of halogens is 3. The molecule has 2 aromatic rings. The van der Waals surface area contributed by atoms with E-state index in [-0.39, 0.29) is 5.56 Å². The summed E-state index contributed by atoms with van der Waals surface area (Å²) in [6.07, 6.45) is 0.626. The van der Waals surface area contributed by atoms with E-state index in [1.54, 1.807) is 11.3 Å². The first kappa shape index (κ1) is 13.6. The molecule has 0 saturated carbocycles. The molecule has 19 heavy (non-hydrogen) atoms. The van der Waals surface area contributed by atoms with E-state index in [9.17, 15) is 18.0 Å². The topological polar surface area (TPSA) is 29.1 Å². The summed E-state index contributed by atoms with van der Waals surface area (Å²) in [5, 5.41) is 6.39. The van der Waals surface area contributed by atoms with Crippen LogP contribution in [0.25, 0.3) is 0 Å². The third kappa shape index (κ3) is 3.35. The highest BCUT2D eigenvalue weighted by molar-refractivity contribution is 7.07. The van der Waals surface area contributed by atoms with Gasteiger partial charge in [0.2, 0.25) is 0 Å². The van der Waals surface area contributed by atoms with Crippen LogP contribution in [0.2, 0.25) is 0 Å². The van der Waals surface area contributed by atoms with Gasteiger partial charge in [0.05, 0.1) is 0 Å². The minimum absolute atomic E-state index is 0.235. The highest BCUT2D eigenvalue weighted by atomic mass is 32.1. The molecule has 0 aliphatic heterocycles. The van der Waals surface area contributed by atoms with E-state index >= 15 is 0 Å². The molecule has 2 nitrogen and oxygen atoms in total. The maximum Gasteiger partial charge on any atom is 0.251 e. The first-order chi connectivity index (χ1) is 9.08. The number of hydrogen-bond acceptors (Lipinski definition) is 2. The molecule has 6 heteroatoms. The number of carbonyl (C=O) groups excluding carboxylic acids is 1. The van der Waals surface area contributed by atoms with Gasteiger partial charge < -0.3 is 5.32 Å². The zero-order valence-corrected chi connectivity index (χ0v) is 10.6. The molecule has 0 radical (unpaired) electrons. The van der Waals surface area contributed by atoms with E-state index < -0.39 is 23.4 Å². The van der Waals surface area contributed by atoms with E-state index in [0.29, 0.717) is 25.1 Å². The number of thiophene rings is 1. The smallest absolute Gasteiger partial charge is 0.251 e. The van der Waals surface area contributed by atoms with Crippen molar-refractivity contribution in [3.63, 3.8) is 0 Å². The lowest BCUT2D eigenvalue weighted by Gasteiger charge is -2.05. The lowest BCUT2D eigenvalue weighted by Crippen LogP contribution is -2.26. The Bertz CT molecular complexity index is 561. The van der Waals surface area contributed by atoms with Gasteiger partial charge in [0.1, 0.15) is 0 Å². The molecule has 0 fully saturated rings. The van der Waals surface area contributed by atoms with Crippen LogP contribution in [-0.4, -0.2) is 12.5 Å². The Kier molecular flexibility index (Phi) is 4.21. The van der Waals surface area contributed by atoms with Crippen molar-refractivity contribution in [2.45, 2.75) is 6.42 Å². The summed E-state index contributed by atoms with van der Waals surface area (Å²) >= 11 is 1.55. The van der Waals surface area contributed by atoms with Crippen molar-refractivity contribution in [3.05, 3.63) is 57.5 Å². The van der Waals surface area contributed by atoms with Crippen LogP contribution in [0.3, 0.4) is 0 Å². The molecule has 100 valence electrons. The van der Waals surface area contributed by atoms with Gasteiger partial charge >= 0.3 is 0 Å². The van der Waals surface area contributed by atoms with Crippen molar-refractivity contribution in [2.24, 2.45) is 0 Å². The molecule has 2 rings (SSSR count). The normalized spacial score (nSPS) is 10.5. The molecule has 1 aromatic heterocycles. The molecule has 0 spiro atoms. The lowest BCUT2D eigenvalue weighted by molar-refractivity contribution is 0.0953. The van der Waals surface area contributed by atoms with Crippen LogP contribution in [0.4, 0.5) is 13.2 Å². The summed E-state index contributed by atoms with van der Waals surface area (Å²) in [5.74, 6) is -4.95. The second kappa shape index (κ2) is 5.88. The Morgan fingerprint density at radius 2 is 1.89 bits per heavy atom. The molecule has 1 N–H and O–H groups in total.